The van der Waals surface area contributed by atoms with Gasteiger partial charge in [-0.05, 0) is 18.2 Å². The van der Waals surface area contributed by atoms with Crippen molar-refractivity contribution in [2.24, 2.45) is 0 Å². The molecule has 2 heterocycles. The van der Waals surface area contributed by atoms with Crippen LogP contribution >= 0.6 is 11.6 Å². The fourth-order valence-corrected chi connectivity index (χ4v) is 2.35. The topological polar surface area (TPSA) is 161 Å². The van der Waals surface area contributed by atoms with Gasteiger partial charge in [0.05, 0.1) is 21.6 Å². The third-order valence-corrected chi connectivity index (χ3v) is 3.36. The van der Waals surface area contributed by atoms with Crippen LogP contribution in [-0.4, -0.2) is 14.9 Å². The summed E-state index contributed by atoms with van der Waals surface area (Å²) in [7, 11) is 0. The Bertz CT molecular complexity index is 1200. The number of nitrogens with one attached hydrogen (secondary N) is 2. The molecule has 11 heteroatoms. The molecule has 0 amide bonds. The molecular weight excluding hydrogens is 356 g/mol. The van der Waals surface area contributed by atoms with E-state index >= 15 is 0 Å². The average molecular weight is 365 g/mol. The predicted octanol–water partition coefficient (Wildman–Crippen LogP) is 2.39. The number of nitrogens with two attached hydrogens (primary N) is 1. The van der Waals surface area contributed by atoms with E-state index in [0.29, 0.717) is 16.8 Å². The summed E-state index contributed by atoms with van der Waals surface area (Å²) in [5.74, 6) is -1.22. The molecule has 10 nitrogen and oxygen atoms in total. The summed E-state index contributed by atoms with van der Waals surface area (Å²) in [6, 6.07) is 7.67. The van der Waals surface area contributed by atoms with Crippen LogP contribution in [0.25, 0.3) is 22.2 Å². The number of halogens is 1. The number of nitrogens with zero attached hydrogens (tertiary/aromatic N) is 1. The summed E-state index contributed by atoms with van der Waals surface area (Å²) in [4.78, 5) is 36.1. The van der Waals surface area contributed by atoms with Crippen LogP contribution in [0.5, 0.6) is 0 Å². The van der Waals surface area contributed by atoms with Crippen molar-refractivity contribution in [3.05, 3.63) is 66.6 Å². The highest BCUT2D eigenvalue weighted by molar-refractivity contribution is 6.31. The maximum Gasteiger partial charge on any atom is 0.417 e. The van der Waals surface area contributed by atoms with Crippen molar-refractivity contribution in [1.82, 2.24) is 9.97 Å². The number of H-pyrrole nitrogens is 2. The molecule has 0 saturated carbocycles. The third kappa shape index (κ3) is 3.23. The summed E-state index contributed by atoms with van der Waals surface area (Å²) in [6.45, 7) is 0. The zero-order valence-corrected chi connectivity index (χ0v) is 13.0. The number of nitro groups is 1. The zero-order chi connectivity index (χ0) is 18.1. The van der Waals surface area contributed by atoms with E-state index in [1.54, 1.807) is 18.2 Å². The molecule has 0 aliphatic heterocycles. The summed E-state index contributed by atoms with van der Waals surface area (Å²) >= 11 is 5.61. The minimum absolute atomic E-state index is 0.0931. The summed E-state index contributed by atoms with van der Waals surface area (Å²) < 4.78 is 9.37. The molecule has 0 saturated heterocycles. The van der Waals surface area contributed by atoms with Gasteiger partial charge in [0.2, 0.25) is 5.58 Å². The molecule has 0 unspecified atom stereocenters. The van der Waals surface area contributed by atoms with Gasteiger partial charge in [-0.25, -0.2) is 9.59 Å². The van der Waals surface area contributed by atoms with E-state index in [9.17, 15) is 19.7 Å². The number of benzene rings is 2. The Morgan fingerprint density at radius 2 is 1.68 bits per heavy atom. The standard InChI is InChI=1S/C7H3ClN2O4.C7H6N2O2/c8-3-1-4-6(14-7(11)9-4)5(2-3)10(12)13;8-4-2-1-3-5-6(4)11-7(10)9-5/h1-2H,(H,9,11);1-3H,8H2,(H,9,10). The predicted molar refractivity (Wildman–Crippen MR) is 89.7 cm³/mol. The van der Waals surface area contributed by atoms with Gasteiger partial charge >= 0.3 is 17.2 Å². The third-order valence-electron chi connectivity index (χ3n) is 3.14. The van der Waals surface area contributed by atoms with Gasteiger partial charge in [0.25, 0.3) is 0 Å². The second-order valence-electron chi connectivity index (χ2n) is 4.81. The first-order valence-corrected chi connectivity index (χ1v) is 7.07. The second-order valence-corrected chi connectivity index (χ2v) is 5.25. The van der Waals surface area contributed by atoms with Gasteiger partial charge in [0.15, 0.2) is 5.58 Å². The van der Waals surface area contributed by atoms with Gasteiger partial charge in [-0.15, -0.1) is 0 Å². The van der Waals surface area contributed by atoms with E-state index in [-0.39, 0.29) is 21.8 Å². The lowest BCUT2D eigenvalue weighted by molar-refractivity contribution is -0.383. The van der Waals surface area contributed by atoms with Crippen molar-refractivity contribution in [3.63, 3.8) is 0 Å². The minimum Gasteiger partial charge on any atom is -0.406 e. The molecule has 2 aromatic heterocycles. The lowest BCUT2D eigenvalue weighted by Crippen LogP contribution is -1.92. The fourth-order valence-electron chi connectivity index (χ4n) is 2.14. The lowest BCUT2D eigenvalue weighted by atomic mass is 10.3. The van der Waals surface area contributed by atoms with Crippen molar-refractivity contribution in [1.29, 1.82) is 0 Å². The van der Waals surface area contributed by atoms with E-state index in [1.165, 1.54) is 6.07 Å². The quantitative estimate of drug-likeness (QED) is 0.265. The Kier molecular flexibility index (Phi) is 4.03. The van der Waals surface area contributed by atoms with Crippen LogP contribution in [0, 0.1) is 10.1 Å². The molecule has 0 aliphatic carbocycles. The molecule has 0 aliphatic rings. The summed E-state index contributed by atoms with van der Waals surface area (Å²) in [5, 5.41) is 10.7. The Morgan fingerprint density at radius 1 is 1.04 bits per heavy atom. The number of hydrogen-bond donors (Lipinski definition) is 3. The zero-order valence-electron chi connectivity index (χ0n) is 12.2. The molecule has 128 valence electrons. The van der Waals surface area contributed by atoms with Crippen molar-refractivity contribution >= 4 is 45.2 Å². The number of fused-ring (bicyclic) bond motifs is 2. The SMILES string of the molecule is Nc1cccc2[nH]c(=O)oc12.O=c1[nH]c2cc(Cl)cc([N+](=O)[O-])c2o1. The number of nitrogen functional groups attached to an aromatic ring is 1. The molecule has 0 fully saturated rings. The molecular formula is C14H9ClN4O6. The van der Waals surface area contributed by atoms with E-state index in [0.717, 1.165) is 6.07 Å². The highest BCUT2D eigenvalue weighted by Gasteiger charge is 2.17. The Morgan fingerprint density at radius 3 is 2.32 bits per heavy atom. The number of aromatic amines is 2. The van der Waals surface area contributed by atoms with Crippen LogP contribution in [0.2, 0.25) is 5.02 Å². The number of non-ortho nitro benzene ring substituents is 1. The maximum absolute atomic E-state index is 10.8. The number of hydrogen-bond acceptors (Lipinski definition) is 7. The molecule has 0 spiro atoms. The molecule has 0 atom stereocenters. The molecule has 4 rings (SSSR count). The smallest absolute Gasteiger partial charge is 0.406 e. The van der Waals surface area contributed by atoms with Crippen molar-refractivity contribution in [3.8, 4) is 0 Å². The number of aromatic nitrogens is 2. The van der Waals surface area contributed by atoms with Crippen LogP contribution in [0.15, 0.2) is 48.8 Å². The number of rotatable bonds is 1. The number of oxazole rings is 2. The average Bonchev–Trinajstić information content (AvgIpc) is 3.09. The minimum atomic E-state index is -0.745. The van der Waals surface area contributed by atoms with Crippen LogP contribution < -0.4 is 17.2 Å². The van der Waals surface area contributed by atoms with Crippen LogP contribution in [0.4, 0.5) is 11.4 Å². The van der Waals surface area contributed by atoms with Crippen LogP contribution in [-0.2, 0) is 0 Å². The number of para-hydroxylation sites is 1. The highest BCUT2D eigenvalue weighted by Crippen LogP contribution is 2.27. The summed E-state index contributed by atoms with van der Waals surface area (Å²) in [6.07, 6.45) is 0. The summed E-state index contributed by atoms with van der Waals surface area (Å²) in [5.41, 5.74) is 6.85. The molecule has 4 aromatic rings. The molecule has 2 aromatic carbocycles. The number of nitro benzene ring substituents is 1. The van der Waals surface area contributed by atoms with Gasteiger partial charge < -0.3 is 14.6 Å². The normalized spacial score (nSPS) is 10.6. The first kappa shape index (κ1) is 16.3. The maximum atomic E-state index is 10.8. The van der Waals surface area contributed by atoms with E-state index < -0.39 is 16.4 Å². The molecule has 25 heavy (non-hydrogen) atoms. The first-order chi connectivity index (χ1) is 11.8. The number of anilines is 1. The van der Waals surface area contributed by atoms with E-state index in [4.69, 9.17) is 21.8 Å². The van der Waals surface area contributed by atoms with Gasteiger partial charge in [0.1, 0.15) is 0 Å². The molecule has 0 bridgehead atoms. The van der Waals surface area contributed by atoms with E-state index in [1.807, 2.05) is 0 Å². The Hall–Kier alpha value is -3.53. The Labute approximate surface area is 142 Å². The van der Waals surface area contributed by atoms with Crippen molar-refractivity contribution in [2.45, 2.75) is 0 Å². The first-order valence-electron chi connectivity index (χ1n) is 6.69. The van der Waals surface area contributed by atoms with Crippen molar-refractivity contribution < 1.29 is 13.8 Å². The van der Waals surface area contributed by atoms with Gasteiger partial charge in [-0.1, -0.05) is 17.7 Å². The highest BCUT2D eigenvalue weighted by atomic mass is 35.5. The van der Waals surface area contributed by atoms with Crippen LogP contribution in [0.3, 0.4) is 0 Å². The van der Waals surface area contributed by atoms with Gasteiger partial charge in [0, 0.05) is 11.1 Å². The lowest BCUT2D eigenvalue weighted by Gasteiger charge is -1.92. The monoisotopic (exact) mass is 364 g/mol. The Balaban J connectivity index is 0.000000150. The molecule has 0 radical (unpaired) electrons. The fraction of sp³-hybridized carbons (Fsp3) is 0. The van der Waals surface area contributed by atoms with Crippen LogP contribution in [0.1, 0.15) is 0 Å². The van der Waals surface area contributed by atoms with Crippen molar-refractivity contribution in [2.75, 3.05) is 5.73 Å². The van der Waals surface area contributed by atoms with Gasteiger partial charge in [-0.3, -0.25) is 20.1 Å². The largest absolute Gasteiger partial charge is 0.417 e. The van der Waals surface area contributed by atoms with Gasteiger partial charge in [-0.2, -0.15) is 0 Å². The molecule has 4 N–H and O–H groups in total. The van der Waals surface area contributed by atoms with E-state index in [2.05, 4.69) is 14.4 Å². The second kappa shape index (κ2) is 6.17.